The average molecular weight is 259 g/mol. The third-order valence-electron chi connectivity index (χ3n) is 7.91. The zero-order valence-electron chi connectivity index (χ0n) is 10.4. The van der Waals surface area contributed by atoms with Crippen LogP contribution in [0.4, 0.5) is 0 Å². The zero-order valence-corrected chi connectivity index (χ0v) is 10.4. The molecular weight excluding hydrogens is 246 g/mol. The highest BCUT2D eigenvalue weighted by Crippen LogP contribution is 3.03. The molecule has 1 aromatic rings. The van der Waals surface area contributed by atoms with Crippen LogP contribution in [-0.4, -0.2) is 27.1 Å². The molecule has 0 unspecified atom stereocenters. The highest BCUT2D eigenvalue weighted by Gasteiger charge is 3.04. The zero-order chi connectivity index (χ0) is 12.5. The molecular formula is C13H13N3O3. The van der Waals surface area contributed by atoms with E-state index in [-0.39, 0.29) is 34.3 Å². The van der Waals surface area contributed by atoms with Crippen LogP contribution in [0, 0.1) is 34.5 Å². The lowest BCUT2D eigenvalue weighted by Gasteiger charge is -2.99. The lowest BCUT2D eigenvalue weighted by Crippen LogP contribution is -3.00. The maximum Gasteiger partial charge on any atom is 0.347 e. The standard InChI is InChI=1S/C13H13N3O3/c1-14-10(17)15-8-4-5-7-6(4)12(8)2-19-3-13(7,12)9(5)16(15)11(14)18/h4-9H,2-3H2,1H3/t4-,5+,6-,7+,8+,9-,12+,13-. The van der Waals surface area contributed by atoms with E-state index in [1.807, 2.05) is 0 Å². The molecule has 4 heterocycles. The maximum absolute atomic E-state index is 12.4. The summed E-state index contributed by atoms with van der Waals surface area (Å²) in [6.45, 7) is 1.63. The van der Waals surface area contributed by atoms with Crippen molar-refractivity contribution in [1.29, 1.82) is 0 Å². The minimum absolute atomic E-state index is 0.123. The first-order valence-electron chi connectivity index (χ1n) is 7.16. The Labute approximate surface area is 107 Å². The van der Waals surface area contributed by atoms with Crippen molar-refractivity contribution < 1.29 is 4.74 Å². The van der Waals surface area contributed by atoms with Gasteiger partial charge in [0, 0.05) is 17.9 Å². The fourth-order valence-corrected chi connectivity index (χ4v) is 7.74. The first kappa shape index (κ1) is 8.79. The lowest BCUT2D eigenvalue weighted by molar-refractivity contribution is -0.533. The van der Waals surface area contributed by atoms with Gasteiger partial charge in [0.05, 0.1) is 25.3 Å². The van der Waals surface area contributed by atoms with Gasteiger partial charge in [-0.1, -0.05) is 0 Å². The van der Waals surface area contributed by atoms with Gasteiger partial charge in [0.2, 0.25) is 0 Å². The Morgan fingerprint density at radius 3 is 1.95 bits per heavy atom. The van der Waals surface area contributed by atoms with Gasteiger partial charge in [-0.3, -0.25) is 0 Å². The summed E-state index contributed by atoms with van der Waals surface area (Å²) in [4.78, 5) is 24.7. The Hall–Kier alpha value is -1.30. The van der Waals surface area contributed by atoms with Gasteiger partial charge < -0.3 is 4.74 Å². The Morgan fingerprint density at radius 1 is 1.00 bits per heavy atom. The number of rotatable bonds is 0. The summed E-state index contributed by atoms with van der Waals surface area (Å²) in [6.07, 6.45) is 0. The van der Waals surface area contributed by atoms with Gasteiger partial charge in [-0.05, 0) is 23.7 Å². The van der Waals surface area contributed by atoms with Crippen LogP contribution in [-0.2, 0) is 11.8 Å². The second kappa shape index (κ2) is 1.89. The van der Waals surface area contributed by atoms with Gasteiger partial charge in [0.1, 0.15) is 0 Å². The predicted molar refractivity (Wildman–Crippen MR) is 61.7 cm³/mol. The number of aromatic nitrogens is 3. The van der Waals surface area contributed by atoms with Crippen molar-refractivity contribution >= 4 is 0 Å². The molecule has 7 aliphatic rings. The van der Waals surface area contributed by atoms with Crippen molar-refractivity contribution in [1.82, 2.24) is 13.9 Å². The van der Waals surface area contributed by atoms with E-state index in [1.54, 1.807) is 16.4 Å². The molecule has 4 saturated carbocycles. The van der Waals surface area contributed by atoms with E-state index >= 15 is 0 Å². The largest absolute Gasteiger partial charge is 0.380 e. The fraction of sp³-hybridized carbons (Fsp3) is 0.846. The summed E-state index contributed by atoms with van der Waals surface area (Å²) >= 11 is 0. The Kier molecular flexibility index (Phi) is 0.873. The minimum Gasteiger partial charge on any atom is -0.380 e. The van der Waals surface area contributed by atoms with E-state index in [4.69, 9.17) is 4.74 Å². The predicted octanol–water partition coefficient (Wildman–Crippen LogP) is -1.03. The third-order valence-corrected chi connectivity index (χ3v) is 7.91. The Morgan fingerprint density at radius 2 is 1.47 bits per heavy atom. The minimum atomic E-state index is -0.123. The molecule has 6 nitrogen and oxygen atoms in total. The Bertz CT molecular complexity index is 768. The summed E-state index contributed by atoms with van der Waals surface area (Å²) in [5, 5.41) is 0. The van der Waals surface area contributed by atoms with E-state index in [2.05, 4.69) is 0 Å². The van der Waals surface area contributed by atoms with Crippen LogP contribution < -0.4 is 11.4 Å². The van der Waals surface area contributed by atoms with Crippen LogP contribution in [0.3, 0.4) is 0 Å². The van der Waals surface area contributed by atoms with Crippen LogP contribution in [0.25, 0.3) is 0 Å². The average Bonchev–Trinajstić information content (AvgIpc) is 2.87. The normalized spacial score (nSPS) is 63.2. The molecule has 0 amide bonds. The van der Waals surface area contributed by atoms with Gasteiger partial charge in [-0.15, -0.1) is 0 Å². The molecule has 8 rings (SSSR count). The first-order chi connectivity index (χ1) is 9.18. The highest BCUT2D eigenvalue weighted by molar-refractivity contribution is 5.49. The molecule has 2 bridgehead atoms. The molecule has 5 fully saturated rings. The summed E-state index contributed by atoms with van der Waals surface area (Å²) in [5.41, 5.74) is 0.197. The van der Waals surface area contributed by atoms with Crippen molar-refractivity contribution in [3.05, 3.63) is 21.0 Å². The summed E-state index contributed by atoms with van der Waals surface area (Å²) in [7, 11) is 1.61. The molecule has 6 heteroatoms. The summed E-state index contributed by atoms with van der Waals surface area (Å²) in [5.74, 6) is 2.94. The van der Waals surface area contributed by atoms with Crippen LogP contribution >= 0.6 is 0 Å². The quantitative estimate of drug-likeness (QED) is 0.598. The van der Waals surface area contributed by atoms with Crippen molar-refractivity contribution in [2.45, 2.75) is 12.1 Å². The molecule has 1 aromatic heterocycles. The maximum atomic E-state index is 12.4. The molecule has 8 atom stereocenters. The highest BCUT2D eigenvalue weighted by atomic mass is 16.5. The third kappa shape index (κ3) is 0.429. The number of ether oxygens (including phenoxy) is 1. The van der Waals surface area contributed by atoms with E-state index in [1.165, 1.54) is 4.57 Å². The van der Waals surface area contributed by atoms with Gasteiger partial charge in [0.25, 0.3) is 0 Å². The van der Waals surface area contributed by atoms with Gasteiger partial charge in [0.15, 0.2) is 0 Å². The second-order valence-corrected chi connectivity index (χ2v) is 7.48. The van der Waals surface area contributed by atoms with Crippen LogP contribution in [0.5, 0.6) is 0 Å². The van der Waals surface area contributed by atoms with E-state index in [9.17, 15) is 9.59 Å². The number of hydrogen-bond acceptors (Lipinski definition) is 3. The van der Waals surface area contributed by atoms with E-state index in [0.717, 1.165) is 25.0 Å². The summed E-state index contributed by atoms with van der Waals surface area (Å²) in [6, 6.07) is 0.503. The van der Waals surface area contributed by atoms with Crippen LogP contribution in [0.15, 0.2) is 9.59 Å². The topological polar surface area (TPSA) is 58.2 Å². The monoisotopic (exact) mass is 259 g/mol. The fourth-order valence-electron chi connectivity index (χ4n) is 7.74. The molecule has 98 valence electrons. The molecule has 2 spiro atoms. The van der Waals surface area contributed by atoms with Gasteiger partial charge >= 0.3 is 11.4 Å². The van der Waals surface area contributed by atoms with Crippen molar-refractivity contribution in [2.75, 3.05) is 13.2 Å². The number of hydrogen-bond donors (Lipinski definition) is 0. The molecule has 4 aliphatic carbocycles. The second-order valence-electron chi connectivity index (χ2n) is 7.48. The Balaban J connectivity index is 1.69. The molecule has 0 radical (unpaired) electrons. The van der Waals surface area contributed by atoms with E-state index in [0.29, 0.717) is 11.8 Å². The van der Waals surface area contributed by atoms with E-state index < -0.39 is 0 Å². The molecule has 19 heavy (non-hydrogen) atoms. The van der Waals surface area contributed by atoms with Crippen LogP contribution in [0.2, 0.25) is 0 Å². The molecule has 0 aromatic carbocycles. The lowest BCUT2D eigenvalue weighted by atomic mass is 9.06. The van der Waals surface area contributed by atoms with Crippen molar-refractivity contribution in [3.8, 4) is 0 Å². The van der Waals surface area contributed by atoms with Crippen molar-refractivity contribution in [2.24, 2.45) is 41.5 Å². The molecule has 3 aliphatic heterocycles. The first-order valence-corrected chi connectivity index (χ1v) is 7.16. The summed E-state index contributed by atoms with van der Waals surface area (Å²) < 4.78 is 10.7. The molecule has 1 saturated heterocycles. The van der Waals surface area contributed by atoms with Crippen molar-refractivity contribution in [3.63, 3.8) is 0 Å². The smallest absolute Gasteiger partial charge is 0.347 e. The number of nitrogens with zero attached hydrogens (tertiary/aromatic N) is 3. The molecule has 0 N–H and O–H groups in total. The SMILES string of the molecule is Cn1c(=O)n2n(c1=O)[C@@H]1[C@H]3[C@@H]4[C@@H]5[C@H]3[C@]13COC[C@@]53[C@H]42. The van der Waals surface area contributed by atoms with Gasteiger partial charge in [-0.2, -0.15) is 0 Å². The van der Waals surface area contributed by atoms with Crippen LogP contribution in [0.1, 0.15) is 12.1 Å². The van der Waals surface area contributed by atoms with Gasteiger partial charge in [-0.25, -0.2) is 23.5 Å².